The van der Waals surface area contributed by atoms with E-state index in [0.29, 0.717) is 16.8 Å². The number of carbonyl (C=O) groups is 2. The lowest BCUT2D eigenvalue weighted by Gasteiger charge is -2.14. The van der Waals surface area contributed by atoms with E-state index in [1.165, 1.54) is 12.2 Å². The van der Waals surface area contributed by atoms with Crippen molar-refractivity contribution in [3.05, 3.63) is 77.4 Å². The first-order valence-electron chi connectivity index (χ1n) is 7.47. The summed E-state index contributed by atoms with van der Waals surface area (Å²) in [5.41, 5.74) is 3.26. The number of allylic oxidation sites excluding steroid dienone is 1. The van der Waals surface area contributed by atoms with Crippen LogP contribution < -0.4 is 4.90 Å². The van der Waals surface area contributed by atoms with E-state index in [2.05, 4.69) is 12.0 Å². The van der Waals surface area contributed by atoms with Crippen molar-refractivity contribution in [1.82, 2.24) is 0 Å². The maximum Gasteiger partial charge on any atom is 0.258 e. The van der Waals surface area contributed by atoms with Crippen LogP contribution in [0.4, 0.5) is 5.69 Å². The summed E-state index contributed by atoms with van der Waals surface area (Å²) < 4.78 is 0. The Morgan fingerprint density at radius 2 is 1.56 bits per heavy atom. The molecule has 0 aromatic heterocycles. The lowest BCUT2D eigenvalue weighted by atomic mass is 10.0. The van der Waals surface area contributed by atoms with Crippen molar-refractivity contribution in [2.45, 2.75) is 0 Å². The molecule has 1 heterocycles. The van der Waals surface area contributed by atoms with Crippen LogP contribution in [0.1, 0.15) is 16.7 Å². The van der Waals surface area contributed by atoms with Crippen LogP contribution in [-0.2, 0) is 9.59 Å². The summed E-state index contributed by atoms with van der Waals surface area (Å²) >= 11 is 0. The molecular formula is C21H12N2O2. The molecule has 2 aromatic rings. The van der Waals surface area contributed by atoms with E-state index in [-0.39, 0.29) is 11.8 Å². The topological polar surface area (TPSA) is 61.2 Å². The van der Waals surface area contributed by atoms with E-state index in [9.17, 15) is 14.9 Å². The SMILES string of the molecule is C#Cc1ccc(/C=C(\C#N)c2ccc(N3C(=O)C=CC3=O)cc2)cc1. The van der Waals surface area contributed by atoms with E-state index >= 15 is 0 Å². The van der Waals surface area contributed by atoms with Crippen LogP contribution in [-0.4, -0.2) is 11.8 Å². The number of amides is 2. The fourth-order valence-corrected chi connectivity index (χ4v) is 2.47. The molecule has 0 spiro atoms. The van der Waals surface area contributed by atoms with Crippen molar-refractivity contribution in [2.24, 2.45) is 0 Å². The monoisotopic (exact) mass is 324 g/mol. The number of rotatable bonds is 3. The summed E-state index contributed by atoms with van der Waals surface area (Å²) in [4.78, 5) is 24.5. The van der Waals surface area contributed by atoms with Crippen LogP contribution in [0.25, 0.3) is 11.6 Å². The van der Waals surface area contributed by atoms with Crippen LogP contribution in [0.3, 0.4) is 0 Å². The number of hydrogen-bond donors (Lipinski definition) is 0. The van der Waals surface area contributed by atoms with Gasteiger partial charge in [-0.1, -0.05) is 30.2 Å². The Balaban J connectivity index is 1.88. The van der Waals surface area contributed by atoms with Gasteiger partial charge in [0.1, 0.15) is 0 Å². The highest BCUT2D eigenvalue weighted by atomic mass is 16.2. The molecule has 0 radical (unpaired) electrons. The molecule has 0 fully saturated rings. The highest BCUT2D eigenvalue weighted by Crippen LogP contribution is 2.23. The minimum atomic E-state index is -0.373. The molecule has 0 aliphatic carbocycles. The van der Waals surface area contributed by atoms with Gasteiger partial charge in [-0.3, -0.25) is 9.59 Å². The first kappa shape index (κ1) is 16.0. The number of imide groups is 1. The quantitative estimate of drug-likeness (QED) is 0.377. The molecule has 1 aliphatic rings. The molecular weight excluding hydrogens is 312 g/mol. The minimum Gasteiger partial charge on any atom is -0.269 e. The van der Waals surface area contributed by atoms with E-state index in [1.54, 1.807) is 30.3 Å². The largest absolute Gasteiger partial charge is 0.269 e. The molecule has 118 valence electrons. The van der Waals surface area contributed by atoms with E-state index in [0.717, 1.165) is 16.0 Å². The van der Waals surface area contributed by atoms with Gasteiger partial charge in [-0.15, -0.1) is 6.42 Å². The zero-order valence-corrected chi connectivity index (χ0v) is 13.1. The van der Waals surface area contributed by atoms with Crippen LogP contribution in [0.2, 0.25) is 0 Å². The lowest BCUT2D eigenvalue weighted by Crippen LogP contribution is -2.29. The van der Waals surface area contributed by atoms with Crippen molar-refractivity contribution >= 4 is 29.2 Å². The zero-order chi connectivity index (χ0) is 17.8. The van der Waals surface area contributed by atoms with Crippen LogP contribution in [0, 0.1) is 23.7 Å². The first-order valence-corrected chi connectivity index (χ1v) is 7.47. The Hall–Kier alpha value is -3.89. The van der Waals surface area contributed by atoms with E-state index in [4.69, 9.17) is 6.42 Å². The lowest BCUT2D eigenvalue weighted by molar-refractivity contribution is -0.119. The summed E-state index contributed by atoms with van der Waals surface area (Å²) in [6.07, 6.45) is 9.55. The number of nitriles is 1. The van der Waals surface area contributed by atoms with Gasteiger partial charge in [-0.2, -0.15) is 5.26 Å². The maximum atomic E-state index is 11.7. The molecule has 2 amide bonds. The summed E-state index contributed by atoms with van der Waals surface area (Å²) in [5, 5.41) is 9.43. The Morgan fingerprint density at radius 3 is 2.08 bits per heavy atom. The van der Waals surface area contributed by atoms with Gasteiger partial charge in [0.05, 0.1) is 17.3 Å². The van der Waals surface area contributed by atoms with Crippen molar-refractivity contribution in [2.75, 3.05) is 4.90 Å². The summed E-state index contributed by atoms with van der Waals surface area (Å²) in [7, 11) is 0. The smallest absolute Gasteiger partial charge is 0.258 e. The van der Waals surface area contributed by atoms with Crippen molar-refractivity contribution in [3.63, 3.8) is 0 Å². The molecule has 0 bridgehead atoms. The third-order valence-corrected chi connectivity index (χ3v) is 3.75. The Morgan fingerprint density at radius 1 is 0.960 bits per heavy atom. The molecule has 1 aliphatic heterocycles. The first-order chi connectivity index (χ1) is 12.1. The second kappa shape index (κ2) is 6.70. The Kier molecular flexibility index (Phi) is 4.28. The van der Waals surface area contributed by atoms with E-state index < -0.39 is 0 Å². The fourth-order valence-electron chi connectivity index (χ4n) is 2.47. The van der Waals surface area contributed by atoms with Crippen LogP contribution in [0.5, 0.6) is 0 Å². The highest BCUT2D eigenvalue weighted by Gasteiger charge is 2.24. The summed E-state index contributed by atoms with van der Waals surface area (Å²) in [6, 6.07) is 16.2. The van der Waals surface area contributed by atoms with Crippen molar-refractivity contribution < 1.29 is 9.59 Å². The van der Waals surface area contributed by atoms with Gasteiger partial charge in [0, 0.05) is 17.7 Å². The second-order valence-corrected chi connectivity index (χ2v) is 5.33. The number of carbonyl (C=O) groups excluding carboxylic acids is 2. The number of nitrogens with zero attached hydrogens (tertiary/aromatic N) is 2. The molecule has 0 unspecified atom stereocenters. The van der Waals surface area contributed by atoms with Gasteiger partial charge < -0.3 is 0 Å². The average molecular weight is 324 g/mol. The predicted molar refractivity (Wildman–Crippen MR) is 95.9 cm³/mol. The number of hydrogen-bond acceptors (Lipinski definition) is 3. The molecule has 3 rings (SSSR count). The van der Waals surface area contributed by atoms with Crippen molar-refractivity contribution in [3.8, 4) is 18.4 Å². The molecule has 2 aromatic carbocycles. The Bertz CT molecular complexity index is 964. The molecule has 0 N–H and O–H groups in total. The molecule has 0 saturated carbocycles. The molecule has 0 saturated heterocycles. The summed E-state index contributed by atoms with van der Waals surface area (Å²) in [6.45, 7) is 0. The summed E-state index contributed by atoms with van der Waals surface area (Å²) in [5.74, 6) is 1.80. The van der Waals surface area contributed by atoms with Crippen molar-refractivity contribution in [1.29, 1.82) is 5.26 Å². The molecule has 25 heavy (non-hydrogen) atoms. The van der Waals surface area contributed by atoms with Gasteiger partial charge in [-0.25, -0.2) is 4.90 Å². The predicted octanol–water partition coefficient (Wildman–Crippen LogP) is 3.16. The van der Waals surface area contributed by atoms with Gasteiger partial charge in [0.25, 0.3) is 11.8 Å². The number of benzene rings is 2. The van der Waals surface area contributed by atoms with Gasteiger partial charge in [0.15, 0.2) is 0 Å². The minimum absolute atomic E-state index is 0.373. The average Bonchev–Trinajstić information content (AvgIpc) is 2.99. The number of anilines is 1. The molecule has 0 atom stereocenters. The standard InChI is InChI=1S/C21H12N2O2/c1-2-15-3-5-16(6-4-15)13-18(14-22)17-7-9-19(10-8-17)23-20(24)11-12-21(23)25/h1,3-13H/b18-13+. The fraction of sp³-hybridized carbons (Fsp3) is 0. The van der Waals surface area contributed by atoms with Gasteiger partial charge in [-0.05, 0) is 41.5 Å². The zero-order valence-electron chi connectivity index (χ0n) is 13.1. The van der Waals surface area contributed by atoms with Gasteiger partial charge in [0.2, 0.25) is 0 Å². The second-order valence-electron chi connectivity index (χ2n) is 5.33. The van der Waals surface area contributed by atoms with Gasteiger partial charge >= 0.3 is 0 Å². The molecule has 4 heteroatoms. The van der Waals surface area contributed by atoms with E-state index in [1.807, 2.05) is 24.3 Å². The Labute approximate surface area is 145 Å². The third kappa shape index (κ3) is 3.24. The highest BCUT2D eigenvalue weighted by molar-refractivity contribution is 6.28. The third-order valence-electron chi connectivity index (χ3n) is 3.75. The van der Waals surface area contributed by atoms with Crippen LogP contribution in [0.15, 0.2) is 60.7 Å². The molecule has 4 nitrogen and oxygen atoms in total. The maximum absolute atomic E-state index is 11.7. The normalized spacial score (nSPS) is 13.7. The number of terminal acetylenes is 1. The van der Waals surface area contributed by atoms with Crippen LogP contribution >= 0.6 is 0 Å².